The Labute approximate surface area is 62.0 Å². The van der Waals surface area contributed by atoms with E-state index in [-0.39, 0.29) is 5.41 Å². The van der Waals surface area contributed by atoms with E-state index in [1.54, 1.807) is 0 Å². The molecule has 3 N–H and O–H groups in total. The molecule has 0 saturated heterocycles. The fourth-order valence-corrected chi connectivity index (χ4v) is 0.951. The quantitative estimate of drug-likeness (QED) is 0.597. The average Bonchev–Trinajstić information content (AvgIpc) is 1.57. The summed E-state index contributed by atoms with van der Waals surface area (Å²) in [5, 5.41) is 4.70. The Morgan fingerprint density at radius 1 is 1.40 bits per heavy atom. The molecule has 4 nitrogen and oxygen atoms in total. The van der Waals surface area contributed by atoms with Crippen LogP contribution in [0, 0.1) is 5.41 Å². The molecule has 0 aliphatic rings. The first kappa shape index (κ1) is 9.87. The Morgan fingerprint density at radius 3 is 1.90 bits per heavy atom. The van der Waals surface area contributed by atoms with Crippen molar-refractivity contribution in [3.8, 4) is 0 Å². The molecule has 0 saturated carbocycles. The molecule has 0 aromatic rings. The van der Waals surface area contributed by atoms with Crippen LogP contribution in [-0.2, 0) is 10.2 Å². The lowest BCUT2D eigenvalue weighted by Crippen LogP contribution is -2.36. The summed E-state index contributed by atoms with van der Waals surface area (Å²) in [6.45, 7) is 6.13. The van der Waals surface area contributed by atoms with Crippen molar-refractivity contribution in [3.05, 3.63) is 0 Å². The van der Waals surface area contributed by atoms with E-state index in [0.29, 0.717) is 6.54 Å². The third-order valence-corrected chi connectivity index (χ3v) is 1.35. The Hall–Kier alpha value is -0.130. The summed E-state index contributed by atoms with van der Waals surface area (Å²) in [5.74, 6) is 0. The molecule has 0 amide bonds. The minimum atomic E-state index is -3.51. The molecule has 0 atom stereocenters. The van der Waals surface area contributed by atoms with Crippen LogP contribution in [0.4, 0.5) is 0 Å². The van der Waals surface area contributed by atoms with Crippen LogP contribution in [0.2, 0.25) is 0 Å². The molecule has 0 rings (SSSR count). The van der Waals surface area contributed by atoms with E-state index in [1.165, 1.54) is 0 Å². The van der Waals surface area contributed by atoms with Crippen LogP contribution in [0.25, 0.3) is 0 Å². The van der Waals surface area contributed by atoms with Crippen molar-refractivity contribution in [1.82, 2.24) is 4.72 Å². The van der Waals surface area contributed by atoms with E-state index in [1.807, 2.05) is 20.8 Å². The van der Waals surface area contributed by atoms with E-state index in [9.17, 15) is 8.42 Å². The minimum absolute atomic E-state index is 0.0631. The van der Waals surface area contributed by atoms with Gasteiger partial charge in [0, 0.05) is 6.54 Å². The summed E-state index contributed by atoms with van der Waals surface area (Å²) >= 11 is 0. The van der Waals surface area contributed by atoms with Crippen LogP contribution in [0.1, 0.15) is 20.8 Å². The SMILES string of the molecule is CC(C)(C)CNS(N)(=O)=O. The second-order valence-electron chi connectivity index (χ2n) is 3.43. The number of rotatable bonds is 2. The molecule has 0 aliphatic heterocycles. The molecular weight excluding hydrogens is 152 g/mol. The Balaban J connectivity index is 3.79. The molecule has 0 heterocycles. The van der Waals surface area contributed by atoms with Gasteiger partial charge < -0.3 is 0 Å². The molecule has 0 radical (unpaired) electrons. The van der Waals surface area contributed by atoms with Crippen molar-refractivity contribution in [3.63, 3.8) is 0 Å². The van der Waals surface area contributed by atoms with Gasteiger partial charge in [-0.1, -0.05) is 20.8 Å². The van der Waals surface area contributed by atoms with Crippen molar-refractivity contribution >= 4 is 10.2 Å². The third-order valence-electron chi connectivity index (χ3n) is 0.804. The lowest BCUT2D eigenvalue weighted by Gasteiger charge is -2.17. The molecule has 62 valence electrons. The number of nitrogens with one attached hydrogen (secondary N) is 1. The Kier molecular flexibility index (Phi) is 2.82. The number of hydrogen-bond donors (Lipinski definition) is 2. The number of hydrogen-bond acceptors (Lipinski definition) is 2. The van der Waals surface area contributed by atoms with Gasteiger partial charge in [0.2, 0.25) is 0 Å². The fraction of sp³-hybridized carbons (Fsp3) is 1.00. The lowest BCUT2D eigenvalue weighted by molar-refractivity contribution is 0.408. The molecule has 0 bridgehead atoms. The van der Waals surface area contributed by atoms with Crippen molar-refractivity contribution in [2.45, 2.75) is 20.8 Å². The zero-order valence-corrected chi connectivity index (χ0v) is 7.33. The summed E-state index contributed by atoms with van der Waals surface area (Å²) in [5.41, 5.74) is -0.0631. The highest BCUT2D eigenvalue weighted by Crippen LogP contribution is 2.10. The normalized spacial score (nSPS) is 13.6. The van der Waals surface area contributed by atoms with Gasteiger partial charge in [-0.25, -0.2) is 9.86 Å². The van der Waals surface area contributed by atoms with E-state index < -0.39 is 10.2 Å². The molecule has 5 heteroatoms. The van der Waals surface area contributed by atoms with Crippen molar-refractivity contribution in [1.29, 1.82) is 0 Å². The first-order chi connectivity index (χ1) is 4.21. The summed E-state index contributed by atoms with van der Waals surface area (Å²) < 4.78 is 22.9. The maximum absolute atomic E-state index is 10.3. The van der Waals surface area contributed by atoms with Crippen molar-refractivity contribution in [2.75, 3.05) is 6.54 Å². The molecule has 0 aromatic carbocycles. The highest BCUT2D eigenvalue weighted by molar-refractivity contribution is 7.87. The van der Waals surface area contributed by atoms with Crippen LogP contribution < -0.4 is 9.86 Å². The van der Waals surface area contributed by atoms with Crippen LogP contribution in [0.5, 0.6) is 0 Å². The molecule has 0 unspecified atom stereocenters. The highest BCUT2D eigenvalue weighted by atomic mass is 32.2. The van der Waals surface area contributed by atoms with Crippen molar-refractivity contribution < 1.29 is 8.42 Å². The van der Waals surface area contributed by atoms with Gasteiger partial charge >= 0.3 is 0 Å². The second-order valence-corrected chi connectivity index (χ2v) is 4.81. The monoisotopic (exact) mass is 166 g/mol. The smallest absolute Gasteiger partial charge is 0.216 e. The maximum Gasteiger partial charge on any atom is 0.274 e. The third kappa shape index (κ3) is 7.87. The van der Waals surface area contributed by atoms with Gasteiger partial charge in [-0.15, -0.1) is 0 Å². The molecular formula is C5H14N2O2S. The summed E-state index contributed by atoms with van der Waals surface area (Å²) in [6.07, 6.45) is 0. The van der Waals surface area contributed by atoms with E-state index in [4.69, 9.17) is 5.14 Å². The zero-order chi connectivity index (χ0) is 8.41. The maximum atomic E-state index is 10.3. The van der Waals surface area contributed by atoms with E-state index in [0.717, 1.165) is 0 Å². The van der Waals surface area contributed by atoms with Crippen molar-refractivity contribution in [2.24, 2.45) is 10.6 Å². The largest absolute Gasteiger partial charge is 0.274 e. The first-order valence-corrected chi connectivity index (χ1v) is 4.53. The van der Waals surface area contributed by atoms with E-state index >= 15 is 0 Å². The van der Waals surface area contributed by atoms with Gasteiger partial charge in [-0.2, -0.15) is 8.42 Å². The summed E-state index contributed by atoms with van der Waals surface area (Å²) in [7, 11) is -3.51. The Bertz CT molecular complexity index is 190. The standard InChI is InChI=1S/C5H14N2O2S/c1-5(2,3)4-7-10(6,8)9/h7H,4H2,1-3H3,(H2,6,8,9). The fourth-order valence-electron chi connectivity index (χ4n) is 0.317. The van der Waals surface area contributed by atoms with Gasteiger partial charge in [0.25, 0.3) is 10.2 Å². The average molecular weight is 166 g/mol. The Morgan fingerprint density at radius 2 is 1.80 bits per heavy atom. The molecule has 0 spiro atoms. The van der Waals surface area contributed by atoms with Gasteiger partial charge in [0.05, 0.1) is 0 Å². The van der Waals surface area contributed by atoms with Gasteiger partial charge in [-0.3, -0.25) is 0 Å². The first-order valence-electron chi connectivity index (χ1n) is 2.98. The predicted molar refractivity (Wildman–Crippen MR) is 40.6 cm³/mol. The lowest BCUT2D eigenvalue weighted by atomic mass is 9.98. The summed E-state index contributed by atoms with van der Waals surface area (Å²) in [4.78, 5) is 0. The molecule has 0 aromatic heterocycles. The van der Waals surface area contributed by atoms with Gasteiger partial charge in [0.15, 0.2) is 0 Å². The molecule has 0 aliphatic carbocycles. The van der Waals surface area contributed by atoms with Gasteiger partial charge in [-0.05, 0) is 5.41 Å². The predicted octanol–water partition coefficient (Wildman–Crippen LogP) is -0.174. The van der Waals surface area contributed by atoms with Crippen LogP contribution in [-0.4, -0.2) is 15.0 Å². The minimum Gasteiger partial charge on any atom is -0.216 e. The topological polar surface area (TPSA) is 72.2 Å². The van der Waals surface area contributed by atoms with Crippen LogP contribution in [0.15, 0.2) is 0 Å². The highest BCUT2D eigenvalue weighted by Gasteiger charge is 2.12. The van der Waals surface area contributed by atoms with Crippen LogP contribution in [0.3, 0.4) is 0 Å². The summed E-state index contributed by atoms with van der Waals surface area (Å²) in [6, 6.07) is 0. The molecule has 10 heavy (non-hydrogen) atoms. The van der Waals surface area contributed by atoms with Crippen LogP contribution >= 0.6 is 0 Å². The molecule has 0 fully saturated rings. The van der Waals surface area contributed by atoms with E-state index in [2.05, 4.69) is 4.72 Å². The second kappa shape index (κ2) is 2.86. The zero-order valence-electron chi connectivity index (χ0n) is 6.51. The number of nitrogens with two attached hydrogens (primary N) is 1. The van der Waals surface area contributed by atoms with Gasteiger partial charge in [0.1, 0.15) is 0 Å².